The number of aliphatic hydroxyl groups excluding tert-OH is 1. The fourth-order valence-corrected chi connectivity index (χ4v) is 2.57. The molecule has 0 radical (unpaired) electrons. The van der Waals surface area contributed by atoms with Crippen LogP contribution >= 0.6 is 0 Å². The second-order valence-electron chi connectivity index (χ2n) is 4.68. The van der Waals surface area contributed by atoms with E-state index < -0.39 is 0 Å². The van der Waals surface area contributed by atoms with Crippen molar-refractivity contribution >= 4 is 0 Å². The third kappa shape index (κ3) is 0.610. The molecule has 0 aliphatic heterocycles. The molecule has 0 saturated heterocycles. The van der Waals surface area contributed by atoms with Gasteiger partial charge in [0, 0.05) is 5.41 Å². The van der Waals surface area contributed by atoms with Crippen LogP contribution in [0.2, 0.25) is 0 Å². The van der Waals surface area contributed by atoms with Gasteiger partial charge < -0.3 is 5.11 Å². The highest BCUT2D eigenvalue weighted by molar-refractivity contribution is 5.33. The lowest BCUT2D eigenvalue weighted by molar-refractivity contribution is 0.0290. The SMILES string of the molecule is CC1(C)C2=CC(O)C1(C)CC2. The third-order valence-corrected chi connectivity index (χ3v) is 4.16. The average molecular weight is 152 g/mol. The number of fused-ring (bicyclic) bond motifs is 2. The van der Waals surface area contributed by atoms with Crippen molar-refractivity contribution in [2.45, 2.75) is 39.7 Å². The molecule has 1 saturated carbocycles. The summed E-state index contributed by atoms with van der Waals surface area (Å²) < 4.78 is 0. The van der Waals surface area contributed by atoms with Crippen molar-refractivity contribution < 1.29 is 5.11 Å². The Morgan fingerprint density at radius 3 is 2.27 bits per heavy atom. The maximum absolute atomic E-state index is 9.74. The van der Waals surface area contributed by atoms with Crippen LogP contribution in [-0.4, -0.2) is 11.2 Å². The molecule has 2 aliphatic rings. The number of hydrogen-bond acceptors (Lipinski definition) is 1. The molecule has 0 heterocycles. The zero-order valence-corrected chi connectivity index (χ0v) is 7.52. The van der Waals surface area contributed by atoms with E-state index in [9.17, 15) is 5.11 Å². The molecule has 2 unspecified atom stereocenters. The fraction of sp³-hybridized carbons (Fsp3) is 0.800. The van der Waals surface area contributed by atoms with Crippen LogP contribution in [0.5, 0.6) is 0 Å². The van der Waals surface area contributed by atoms with Crippen molar-refractivity contribution in [2.24, 2.45) is 10.8 Å². The molecule has 2 aliphatic carbocycles. The Morgan fingerprint density at radius 2 is 2.09 bits per heavy atom. The third-order valence-electron chi connectivity index (χ3n) is 4.16. The lowest BCUT2D eigenvalue weighted by Gasteiger charge is -2.36. The van der Waals surface area contributed by atoms with Crippen molar-refractivity contribution in [2.75, 3.05) is 0 Å². The van der Waals surface area contributed by atoms with Crippen LogP contribution < -0.4 is 0 Å². The Bertz CT molecular complexity index is 227. The van der Waals surface area contributed by atoms with Gasteiger partial charge in [-0.15, -0.1) is 0 Å². The number of allylic oxidation sites excluding steroid dienone is 1. The van der Waals surface area contributed by atoms with Crippen molar-refractivity contribution in [3.63, 3.8) is 0 Å². The summed E-state index contributed by atoms with van der Waals surface area (Å²) in [5.41, 5.74) is 1.84. The van der Waals surface area contributed by atoms with Crippen molar-refractivity contribution in [1.29, 1.82) is 0 Å². The highest BCUT2D eigenvalue weighted by atomic mass is 16.3. The van der Waals surface area contributed by atoms with Crippen LogP contribution in [0.15, 0.2) is 11.6 Å². The molecular formula is C10H16O. The van der Waals surface area contributed by atoms with Gasteiger partial charge in [0.1, 0.15) is 0 Å². The van der Waals surface area contributed by atoms with Gasteiger partial charge in [0.25, 0.3) is 0 Å². The largest absolute Gasteiger partial charge is 0.388 e. The monoisotopic (exact) mass is 152 g/mol. The van der Waals surface area contributed by atoms with Gasteiger partial charge in [-0.25, -0.2) is 0 Å². The smallest absolute Gasteiger partial charge is 0.0785 e. The molecule has 0 amide bonds. The normalized spacial score (nSPS) is 46.2. The van der Waals surface area contributed by atoms with E-state index in [2.05, 4.69) is 26.8 Å². The van der Waals surface area contributed by atoms with Crippen LogP contribution in [0, 0.1) is 10.8 Å². The van der Waals surface area contributed by atoms with Crippen molar-refractivity contribution in [1.82, 2.24) is 0 Å². The standard InChI is InChI=1S/C10H16O/c1-9(2)7-4-5-10(9,3)8(11)6-7/h6,8,11H,4-5H2,1-3H3. The van der Waals surface area contributed by atoms with Crippen LogP contribution in [0.1, 0.15) is 33.6 Å². The molecule has 0 spiro atoms. The second-order valence-corrected chi connectivity index (χ2v) is 4.68. The topological polar surface area (TPSA) is 20.2 Å². The molecular weight excluding hydrogens is 136 g/mol. The maximum Gasteiger partial charge on any atom is 0.0785 e. The van der Waals surface area contributed by atoms with Gasteiger partial charge in [-0.05, 0) is 18.3 Å². The molecule has 11 heavy (non-hydrogen) atoms. The number of aliphatic hydroxyl groups is 1. The van der Waals surface area contributed by atoms with Gasteiger partial charge in [-0.3, -0.25) is 0 Å². The molecule has 62 valence electrons. The van der Waals surface area contributed by atoms with E-state index in [0.29, 0.717) is 0 Å². The first-order valence-electron chi connectivity index (χ1n) is 4.38. The lowest BCUT2D eigenvalue weighted by Crippen LogP contribution is -2.35. The maximum atomic E-state index is 9.74. The van der Waals surface area contributed by atoms with Gasteiger partial charge in [0.15, 0.2) is 0 Å². The summed E-state index contributed by atoms with van der Waals surface area (Å²) in [6.07, 6.45) is 4.22. The van der Waals surface area contributed by atoms with Gasteiger partial charge in [0.05, 0.1) is 6.10 Å². The van der Waals surface area contributed by atoms with Gasteiger partial charge in [-0.2, -0.15) is 0 Å². The first-order chi connectivity index (χ1) is 4.98. The van der Waals surface area contributed by atoms with E-state index in [1.807, 2.05) is 0 Å². The minimum absolute atomic E-state index is 0.127. The summed E-state index contributed by atoms with van der Waals surface area (Å²) in [7, 11) is 0. The van der Waals surface area contributed by atoms with Crippen LogP contribution in [-0.2, 0) is 0 Å². The summed E-state index contributed by atoms with van der Waals surface area (Å²) in [6, 6.07) is 0. The van der Waals surface area contributed by atoms with E-state index in [0.717, 1.165) is 6.42 Å². The van der Waals surface area contributed by atoms with E-state index >= 15 is 0 Å². The molecule has 0 aromatic carbocycles. The van der Waals surface area contributed by atoms with Crippen LogP contribution in [0.3, 0.4) is 0 Å². The van der Waals surface area contributed by atoms with Crippen molar-refractivity contribution in [3.05, 3.63) is 11.6 Å². The molecule has 2 rings (SSSR count). The Kier molecular flexibility index (Phi) is 1.15. The number of hydrogen-bond donors (Lipinski definition) is 1. The molecule has 0 aromatic heterocycles. The Hall–Kier alpha value is -0.300. The van der Waals surface area contributed by atoms with Crippen LogP contribution in [0.4, 0.5) is 0 Å². The fourth-order valence-electron chi connectivity index (χ4n) is 2.57. The first-order valence-corrected chi connectivity index (χ1v) is 4.38. The van der Waals surface area contributed by atoms with E-state index in [1.165, 1.54) is 12.0 Å². The summed E-state index contributed by atoms with van der Waals surface area (Å²) >= 11 is 0. The summed E-state index contributed by atoms with van der Waals surface area (Å²) in [4.78, 5) is 0. The van der Waals surface area contributed by atoms with Gasteiger partial charge in [-0.1, -0.05) is 32.4 Å². The predicted molar refractivity (Wildman–Crippen MR) is 45.2 cm³/mol. The van der Waals surface area contributed by atoms with Gasteiger partial charge >= 0.3 is 0 Å². The zero-order chi connectivity index (χ0) is 8.28. The Balaban J connectivity index is 2.50. The van der Waals surface area contributed by atoms with E-state index in [-0.39, 0.29) is 16.9 Å². The molecule has 2 atom stereocenters. The zero-order valence-electron chi connectivity index (χ0n) is 7.52. The Morgan fingerprint density at radius 1 is 1.45 bits per heavy atom. The predicted octanol–water partition coefficient (Wildman–Crippen LogP) is 2.11. The first kappa shape index (κ1) is 7.35. The highest BCUT2D eigenvalue weighted by Gasteiger charge is 2.56. The summed E-state index contributed by atoms with van der Waals surface area (Å²) in [5.74, 6) is 0. The molecule has 1 N–H and O–H groups in total. The minimum atomic E-state index is -0.193. The average Bonchev–Trinajstić information content (AvgIpc) is 2.20. The summed E-state index contributed by atoms with van der Waals surface area (Å²) in [6.45, 7) is 6.71. The molecule has 2 bridgehead atoms. The van der Waals surface area contributed by atoms with Crippen molar-refractivity contribution in [3.8, 4) is 0 Å². The number of rotatable bonds is 0. The van der Waals surface area contributed by atoms with E-state index in [1.54, 1.807) is 0 Å². The minimum Gasteiger partial charge on any atom is -0.388 e. The van der Waals surface area contributed by atoms with E-state index in [4.69, 9.17) is 0 Å². The second kappa shape index (κ2) is 1.71. The molecule has 1 nitrogen and oxygen atoms in total. The molecule has 1 fully saturated rings. The molecule has 1 heteroatoms. The Labute approximate surface area is 68.1 Å². The molecule has 0 aromatic rings. The summed E-state index contributed by atoms with van der Waals surface area (Å²) in [5, 5.41) is 9.74. The van der Waals surface area contributed by atoms with Gasteiger partial charge in [0.2, 0.25) is 0 Å². The van der Waals surface area contributed by atoms with Crippen LogP contribution in [0.25, 0.3) is 0 Å². The quantitative estimate of drug-likeness (QED) is 0.527. The lowest BCUT2D eigenvalue weighted by atomic mass is 9.69. The highest BCUT2D eigenvalue weighted by Crippen LogP contribution is 2.62.